The SMILES string of the molecule is Cc1cccc(OCc2nnc(C(=O)Nc3ccc(C(=O)N4CCOCC4)cc3)s2)c1. The molecule has 0 aliphatic carbocycles. The molecule has 9 heteroatoms. The largest absolute Gasteiger partial charge is 0.486 e. The summed E-state index contributed by atoms with van der Waals surface area (Å²) in [5, 5.41) is 11.6. The zero-order valence-electron chi connectivity index (χ0n) is 17.0. The maximum Gasteiger partial charge on any atom is 0.286 e. The second-order valence-corrected chi connectivity index (χ2v) is 8.10. The number of nitrogens with one attached hydrogen (secondary N) is 1. The Morgan fingerprint density at radius 1 is 1.13 bits per heavy atom. The highest BCUT2D eigenvalue weighted by molar-refractivity contribution is 7.13. The van der Waals surface area contributed by atoms with Crippen LogP contribution < -0.4 is 10.1 Å². The number of amides is 2. The normalized spacial score (nSPS) is 13.6. The highest BCUT2D eigenvalue weighted by Gasteiger charge is 2.19. The van der Waals surface area contributed by atoms with Gasteiger partial charge in [-0.3, -0.25) is 9.59 Å². The van der Waals surface area contributed by atoms with E-state index in [1.165, 1.54) is 11.3 Å². The number of aryl methyl sites for hydroxylation is 1. The van der Waals surface area contributed by atoms with Gasteiger partial charge in [-0.1, -0.05) is 23.5 Å². The molecule has 0 atom stereocenters. The van der Waals surface area contributed by atoms with Crippen molar-refractivity contribution in [3.63, 3.8) is 0 Å². The van der Waals surface area contributed by atoms with Crippen molar-refractivity contribution in [1.29, 1.82) is 0 Å². The van der Waals surface area contributed by atoms with Crippen molar-refractivity contribution in [3.05, 3.63) is 69.7 Å². The molecule has 2 heterocycles. The smallest absolute Gasteiger partial charge is 0.286 e. The van der Waals surface area contributed by atoms with Crippen molar-refractivity contribution in [2.24, 2.45) is 0 Å². The van der Waals surface area contributed by atoms with Crippen molar-refractivity contribution in [2.45, 2.75) is 13.5 Å². The standard InChI is InChI=1S/C22H22N4O4S/c1-15-3-2-4-18(13-15)30-14-19-24-25-21(31-19)20(27)23-17-7-5-16(6-8-17)22(28)26-9-11-29-12-10-26/h2-8,13H,9-12,14H2,1H3,(H,23,27). The number of anilines is 1. The van der Waals surface area contributed by atoms with Crippen LogP contribution in [0.3, 0.4) is 0 Å². The van der Waals surface area contributed by atoms with E-state index in [9.17, 15) is 9.59 Å². The van der Waals surface area contributed by atoms with E-state index in [4.69, 9.17) is 9.47 Å². The Labute approximate surface area is 183 Å². The molecule has 1 saturated heterocycles. The van der Waals surface area contributed by atoms with Crippen LogP contribution in [0.15, 0.2) is 48.5 Å². The molecule has 8 nitrogen and oxygen atoms in total. The van der Waals surface area contributed by atoms with Crippen molar-refractivity contribution in [3.8, 4) is 5.75 Å². The van der Waals surface area contributed by atoms with Gasteiger partial charge in [0, 0.05) is 24.3 Å². The van der Waals surface area contributed by atoms with Gasteiger partial charge in [-0.2, -0.15) is 0 Å². The number of carbonyl (C=O) groups excluding carboxylic acids is 2. The maximum absolute atomic E-state index is 12.5. The zero-order chi connectivity index (χ0) is 21.6. The predicted octanol–water partition coefficient (Wildman–Crippen LogP) is 3.15. The number of nitrogens with zero attached hydrogens (tertiary/aromatic N) is 3. The van der Waals surface area contributed by atoms with Crippen LogP contribution >= 0.6 is 11.3 Å². The van der Waals surface area contributed by atoms with Gasteiger partial charge in [-0.05, 0) is 48.9 Å². The Bertz CT molecular complexity index is 1060. The lowest BCUT2D eigenvalue weighted by Gasteiger charge is -2.26. The molecular formula is C22H22N4O4S. The van der Waals surface area contributed by atoms with E-state index >= 15 is 0 Å². The molecule has 2 aromatic carbocycles. The second-order valence-electron chi connectivity index (χ2n) is 7.04. The topological polar surface area (TPSA) is 93.7 Å². The first-order valence-electron chi connectivity index (χ1n) is 9.89. The fourth-order valence-electron chi connectivity index (χ4n) is 3.08. The predicted molar refractivity (Wildman–Crippen MR) is 117 cm³/mol. The van der Waals surface area contributed by atoms with Crippen LogP contribution in [0.5, 0.6) is 5.75 Å². The van der Waals surface area contributed by atoms with E-state index in [1.807, 2.05) is 31.2 Å². The molecule has 160 valence electrons. The Morgan fingerprint density at radius 3 is 2.65 bits per heavy atom. The summed E-state index contributed by atoms with van der Waals surface area (Å²) in [6, 6.07) is 14.5. The quantitative estimate of drug-likeness (QED) is 0.636. The van der Waals surface area contributed by atoms with E-state index in [0.29, 0.717) is 42.6 Å². The van der Waals surface area contributed by atoms with E-state index < -0.39 is 0 Å². The molecule has 1 aromatic heterocycles. The molecule has 4 rings (SSSR count). The van der Waals surface area contributed by atoms with Gasteiger partial charge in [-0.25, -0.2) is 0 Å². The van der Waals surface area contributed by atoms with Gasteiger partial charge in [0.1, 0.15) is 12.4 Å². The van der Waals surface area contributed by atoms with E-state index in [1.54, 1.807) is 29.2 Å². The van der Waals surface area contributed by atoms with E-state index in [2.05, 4.69) is 15.5 Å². The third kappa shape index (κ3) is 5.44. The van der Waals surface area contributed by atoms with Crippen LogP contribution in [0.1, 0.15) is 30.7 Å². The highest BCUT2D eigenvalue weighted by atomic mass is 32.1. The first kappa shape index (κ1) is 21.0. The van der Waals surface area contributed by atoms with Gasteiger partial charge in [0.15, 0.2) is 5.01 Å². The molecule has 3 aromatic rings. The second kappa shape index (κ2) is 9.67. The van der Waals surface area contributed by atoms with Crippen molar-refractivity contribution in [1.82, 2.24) is 15.1 Å². The first-order valence-corrected chi connectivity index (χ1v) is 10.7. The number of hydrogen-bond acceptors (Lipinski definition) is 7. The number of benzene rings is 2. The van der Waals surface area contributed by atoms with Gasteiger partial charge in [0.2, 0.25) is 5.01 Å². The Morgan fingerprint density at radius 2 is 1.90 bits per heavy atom. The highest BCUT2D eigenvalue weighted by Crippen LogP contribution is 2.18. The zero-order valence-corrected chi connectivity index (χ0v) is 17.9. The number of hydrogen-bond donors (Lipinski definition) is 1. The molecule has 31 heavy (non-hydrogen) atoms. The van der Waals surface area contributed by atoms with E-state index in [-0.39, 0.29) is 23.4 Å². The number of aromatic nitrogens is 2. The molecular weight excluding hydrogens is 416 g/mol. The monoisotopic (exact) mass is 438 g/mol. The van der Waals surface area contributed by atoms with Crippen molar-refractivity contribution >= 4 is 28.8 Å². The third-order valence-electron chi connectivity index (χ3n) is 4.70. The maximum atomic E-state index is 12.5. The molecule has 2 amide bonds. The third-order valence-corrected chi connectivity index (χ3v) is 5.60. The minimum atomic E-state index is -0.355. The summed E-state index contributed by atoms with van der Waals surface area (Å²) < 4.78 is 11.0. The summed E-state index contributed by atoms with van der Waals surface area (Å²) in [5.74, 6) is 0.350. The lowest BCUT2D eigenvalue weighted by atomic mass is 10.1. The fraction of sp³-hybridized carbons (Fsp3) is 0.273. The minimum Gasteiger partial charge on any atom is -0.486 e. The lowest BCUT2D eigenvalue weighted by molar-refractivity contribution is 0.0303. The van der Waals surface area contributed by atoms with Crippen LogP contribution in [0.2, 0.25) is 0 Å². The van der Waals surface area contributed by atoms with Crippen LogP contribution in [-0.4, -0.2) is 53.2 Å². The summed E-state index contributed by atoms with van der Waals surface area (Å²) >= 11 is 1.18. The lowest BCUT2D eigenvalue weighted by Crippen LogP contribution is -2.40. The Balaban J connectivity index is 1.32. The van der Waals surface area contributed by atoms with Crippen LogP contribution in [0, 0.1) is 6.92 Å². The van der Waals surface area contributed by atoms with Crippen molar-refractivity contribution < 1.29 is 19.1 Å². The first-order chi connectivity index (χ1) is 15.1. The average Bonchev–Trinajstić information content (AvgIpc) is 3.28. The van der Waals surface area contributed by atoms with Crippen LogP contribution in [-0.2, 0) is 11.3 Å². The van der Waals surface area contributed by atoms with Gasteiger partial charge < -0.3 is 19.7 Å². The minimum absolute atomic E-state index is 0.0384. The fourth-order valence-corrected chi connectivity index (χ4v) is 3.73. The van der Waals surface area contributed by atoms with Gasteiger partial charge in [-0.15, -0.1) is 10.2 Å². The van der Waals surface area contributed by atoms with Crippen LogP contribution in [0.4, 0.5) is 5.69 Å². The molecule has 1 N–H and O–H groups in total. The molecule has 0 radical (unpaired) electrons. The summed E-state index contributed by atoms with van der Waals surface area (Å²) in [7, 11) is 0. The number of morpholine rings is 1. The number of ether oxygens (including phenoxy) is 2. The number of rotatable bonds is 6. The summed E-state index contributed by atoms with van der Waals surface area (Å²) in [6.07, 6.45) is 0. The van der Waals surface area contributed by atoms with Crippen molar-refractivity contribution in [2.75, 3.05) is 31.6 Å². The van der Waals surface area contributed by atoms with Crippen LogP contribution in [0.25, 0.3) is 0 Å². The van der Waals surface area contributed by atoms with Gasteiger partial charge in [0.25, 0.3) is 11.8 Å². The molecule has 1 fully saturated rings. The van der Waals surface area contributed by atoms with Gasteiger partial charge >= 0.3 is 0 Å². The molecule has 0 spiro atoms. The Kier molecular flexibility index (Phi) is 6.54. The van der Waals surface area contributed by atoms with E-state index in [0.717, 1.165) is 11.3 Å². The summed E-state index contributed by atoms with van der Waals surface area (Å²) in [4.78, 5) is 26.7. The summed E-state index contributed by atoms with van der Waals surface area (Å²) in [6.45, 7) is 4.52. The molecule has 1 aliphatic rings. The molecule has 0 bridgehead atoms. The molecule has 0 saturated carbocycles. The van der Waals surface area contributed by atoms with Gasteiger partial charge in [0.05, 0.1) is 13.2 Å². The summed E-state index contributed by atoms with van der Waals surface area (Å²) in [5.41, 5.74) is 2.26. The Hall–Kier alpha value is -3.30. The molecule has 0 unspecified atom stereocenters. The molecule has 1 aliphatic heterocycles. The average molecular weight is 439 g/mol. The number of carbonyl (C=O) groups is 2.